The van der Waals surface area contributed by atoms with Gasteiger partial charge >= 0.3 is 11.1 Å². The van der Waals surface area contributed by atoms with Crippen molar-refractivity contribution in [3.8, 4) is 0 Å². The van der Waals surface area contributed by atoms with Gasteiger partial charge in [0.1, 0.15) is 12.4 Å². The summed E-state index contributed by atoms with van der Waals surface area (Å²) in [7, 11) is 0. The third kappa shape index (κ3) is 3.50. The Morgan fingerprint density at radius 2 is 1.80 bits per heavy atom. The fraction of sp³-hybridized carbons (Fsp3) is 0.167. The van der Waals surface area contributed by atoms with Gasteiger partial charge in [-0.15, -0.1) is 0 Å². The van der Waals surface area contributed by atoms with Gasteiger partial charge in [0, 0.05) is 5.69 Å². The summed E-state index contributed by atoms with van der Waals surface area (Å²) in [6, 6.07) is 9.20. The van der Waals surface area contributed by atoms with Crippen molar-refractivity contribution in [1.82, 2.24) is 9.55 Å². The fourth-order valence-electron chi connectivity index (χ4n) is 2.80. The predicted molar refractivity (Wildman–Crippen MR) is 93.3 cm³/mol. The number of aromatic amines is 1. The van der Waals surface area contributed by atoms with Gasteiger partial charge in [0.25, 0.3) is 0 Å². The standard InChI is InChI=1S/C18H16FN3O3/c1-10-5-11(2)7-13(6-10)20-16(23)9-22-15-4-3-12(19)8-14(15)21-17(24)18(22)25/h3-8H,9H2,1-2H3,(H,20,23)(H,21,24). The molecule has 128 valence electrons. The maximum atomic E-state index is 13.3. The van der Waals surface area contributed by atoms with E-state index in [1.165, 1.54) is 12.1 Å². The van der Waals surface area contributed by atoms with Crippen LogP contribution in [-0.4, -0.2) is 15.5 Å². The molecule has 7 heteroatoms. The maximum Gasteiger partial charge on any atom is 0.317 e. The van der Waals surface area contributed by atoms with Crippen LogP contribution in [0.25, 0.3) is 11.0 Å². The normalized spacial score (nSPS) is 10.8. The van der Waals surface area contributed by atoms with Gasteiger partial charge in [0.2, 0.25) is 5.91 Å². The van der Waals surface area contributed by atoms with Crippen LogP contribution in [0.15, 0.2) is 46.0 Å². The third-order valence-electron chi connectivity index (χ3n) is 3.74. The number of halogens is 1. The van der Waals surface area contributed by atoms with Gasteiger partial charge in [-0.05, 0) is 55.3 Å². The van der Waals surface area contributed by atoms with Crippen LogP contribution in [0.4, 0.5) is 10.1 Å². The van der Waals surface area contributed by atoms with Crippen molar-refractivity contribution >= 4 is 22.6 Å². The van der Waals surface area contributed by atoms with Crippen LogP contribution in [0.5, 0.6) is 0 Å². The van der Waals surface area contributed by atoms with Crippen LogP contribution in [-0.2, 0) is 11.3 Å². The molecule has 0 spiro atoms. The minimum absolute atomic E-state index is 0.156. The third-order valence-corrected chi connectivity index (χ3v) is 3.74. The summed E-state index contributed by atoms with van der Waals surface area (Å²) < 4.78 is 14.4. The number of carbonyl (C=O) groups excluding carboxylic acids is 1. The van der Waals surface area contributed by atoms with Crippen LogP contribution in [0.2, 0.25) is 0 Å². The Balaban J connectivity index is 1.97. The summed E-state index contributed by atoms with van der Waals surface area (Å²) in [6.07, 6.45) is 0. The van der Waals surface area contributed by atoms with Crippen molar-refractivity contribution < 1.29 is 9.18 Å². The molecule has 2 N–H and O–H groups in total. The summed E-state index contributed by atoms with van der Waals surface area (Å²) >= 11 is 0. The predicted octanol–water partition coefficient (Wildman–Crippen LogP) is 2.08. The van der Waals surface area contributed by atoms with Crippen molar-refractivity contribution in [2.24, 2.45) is 0 Å². The highest BCUT2D eigenvalue weighted by Gasteiger charge is 2.12. The van der Waals surface area contributed by atoms with Crippen LogP contribution < -0.4 is 16.4 Å². The van der Waals surface area contributed by atoms with Gasteiger partial charge in [0.05, 0.1) is 11.0 Å². The summed E-state index contributed by atoms with van der Waals surface area (Å²) in [4.78, 5) is 38.5. The van der Waals surface area contributed by atoms with Crippen molar-refractivity contribution in [2.75, 3.05) is 5.32 Å². The highest BCUT2D eigenvalue weighted by molar-refractivity contribution is 5.91. The second kappa shape index (κ2) is 6.35. The molecule has 0 fully saturated rings. The van der Waals surface area contributed by atoms with E-state index in [0.29, 0.717) is 5.69 Å². The lowest BCUT2D eigenvalue weighted by atomic mass is 10.1. The average molecular weight is 341 g/mol. The van der Waals surface area contributed by atoms with E-state index in [4.69, 9.17) is 0 Å². The first-order valence-electron chi connectivity index (χ1n) is 7.64. The fourth-order valence-corrected chi connectivity index (χ4v) is 2.80. The zero-order valence-corrected chi connectivity index (χ0v) is 13.7. The van der Waals surface area contributed by atoms with E-state index in [9.17, 15) is 18.8 Å². The molecule has 0 aliphatic heterocycles. The zero-order chi connectivity index (χ0) is 18.1. The van der Waals surface area contributed by atoms with Crippen LogP contribution in [0.3, 0.4) is 0 Å². The Kier molecular flexibility index (Phi) is 4.22. The Morgan fingerprint density at radius 1 is 1.12 bits per heavy atom. The van der Waals surface area contributed by atoms with E-state index >= 15 is 0 Å². The molecule has 0 unspecified atom stereocenters. The smallest absolute Gasteiger partial charge is 0.317 e. The van der Waals surface area contributed by atoms with Gasteiger partial charge in [-0.2, -0.15) is 0 Å². The number of fused-ring (bicyclic) bond motifs is 1. The molecule has 0 saturated carbocycles. The molecule has 3 aromatic rings. The van der Waals surface area contributed by atoms with E-state index < -0.39 is 22.8 Å². The van der Waals surface area contributed by atoms with Gasteiger partial charge in [-0.25, -0.2) is 4.39 Å². The zero-order valence-electron chi connectivity index (χ0n) is 13.7. The van der Waals surface area contributed by atoms with Crippen molar-refractivity contribution in [2.45, 2.75) is 20.4 Å². The van der Waals surface area contributed by atoms with Crippen molar-refractivity contribution in [3.63, 3.8) is 0 Å². The maximum absolute atomic E-state index is 13.3. The molecule has 0 saturated heterocycles. The van der Waals surface area contributed by atoms with E-state index in [-0.39, 0.29) is 17.6 Å². The first kappa shape index (κ1) is 16.6. The number of anilines is 1. The summed E-state index contributed by atoms with van der Waals surface area (Å²) in [5.74, 6) is -1.00. The molecule has 0 radical (unpaired) electrons. The van der Waals surface area contributed by atoms with Gasteiger partial charge < -0.3 is 10.3 Å². The average Bonchev–Trinajstić information content (AvgIpc) is 2.50. The van der Waals surface area contributed by atoms with Gasteiger partial charge in [0.15, 0.2) is 0 Å². The lowest BCUT2D eigenvalue weighted by Gasteiger charge is -2.11. The van der Waals surface area contributed by atoms with E-state index in [0.717, 1.165) is 21.8 Å². The minimum Gasteiger partial charge on any atom is -0.325 e. The number of carbonyl (C=O) groups is 1. The Bertz CT molecular complexity index is 1080. The molecule has 0 atom stereocenters. The molecular weight excluding hydrogens is 325 g/mol. The highest BCUT2D eigenvalue weighted by atomic mass is 19.1. The number of hydrogen-bond donors (Lipinski definition) is 2. The van der Waals surface area contributed by atoms with E-state index in [1.807, 2.05) is 19.9 Å². The molecule has 0 bridgehead atoms. The number of benzene rings is 2. The number of H-pyrrole nitrogens is 1. The van der Waals surface area contributed by atoms with Gasteiger partial charge in [-0.3, -0.25) is 19.0 Å². The molecule has 6 nitrogen and oxygen atoms in total. The number of nitrogens with zero attached hydrogens (tertiary/aromatic N) is 1. The SMILES string of the molecule is Cc1cc(C)cc(NC(=O)Cn2c(=O)c(=O)[nH]c3cc(F)ccc32)c1. The molecule has 0 aliphatic carbocycles. The molecule has 1 heterocycles. The minimum atomic E-state index is -0.905. The number of rotatable bonds is 3. The first-order valence-corrected chi connectivity index (χ1v) is 7.64. The number of nitrogens with one attached hydrogen (secondary N) is 2. The summed E-state index contributed by atoms with van der Waals surface area (Å²) in [5.41, 5.74) is 1.25. The number of aromatic nitrogens is 2. The largest absolute Gasteiger partial charge is 0.325 e. The van der Waals surface area contributed by atoms with Crippen molar-refractivity contribution in [3.05, 3.63) is 74.0 Å². The number of amides is 1. The van der Waals surface area contributed by atoms with Crippen LogP contribution >= 0.6 is 0 Å². The van der Waals surface area contributed by atoms with E-state index in [1.54, 1.807) is 12.1 Å². The second-order valence-electron chi connectivity index (χ2n) is 5.93. The molecule has 2 aromatic carbocycles. The molecule has 1 amide bonds. The summed E-state index contributed by atoms with van der Waals surface area (Å²) in [6.45, 7) is 3.47. The van der Waals surface area contributed by atoms with E-state index in [2.05, 4.69) is 10.3 Å². The molecule has 1 aromatic heterocycles. The number of aryl methyl sites for hydroxylation is 2. The quantitative estimate of drug-likeness (QED) is 0.716. The number of hydrogen-bond acceptors (Lipinski definition) is 3. The van der Waals surface area contributed by atoms with Crippen molar-refractivity contribution in [1.29, 1.82) is 0 Å². The lowest BCUT2D eigenvalue weighted by Crippen LogP contribution is -2.38. The molecule has 0 aliphatic rings. The Labute approximate surface area is 141 Å². The monoisotopic (exact) mass is 341 g/mol. The summed E-state index contributed by atoms with van der Waals surface area (Å²) in [5, 5.41) is 2.71. The van der Waals surface area contributed by atoms with Crippen LogP contribution in [0, 0.1) is 19.7 Å². The first-order chi connectivity index (χ1) is 11.8. The van der Waals surface area contributed by atoms with Gasteiger partial charge in [-0.1, -0.05) is 6.07 Å². The highest BCUT2D eigenvalue weighted by Crippen LogP contribution is 2.14. The Hall–Kier alpha value is -3.22. The Morgan fingerprint density at radius 3 is 2.48 bits per heavy atom. The topological polar surface area (TPSA) is 84.0 Å². The molecular formula is C18H16FN3O3. The van der Waals surface area contributed by atoms with Crippen LogP contribution in [0.1, 0.15) is 11.1 Å². The lowest BCUT2D eigenvalue weighted by molar-refractivity contribution is -0.116. The second-order valence-corrected chi connectivity index (χ2v) is 5.93. The molecule has 25 heavy (non-hydrogen) atoms. The molecule has 3 rings (SSSR count).